The average molecular weight is 206 g/mol. The second-order valence-corrected chi connectivity index (χ2v) is 2.80. The molecule has 0 unspecified atom stereocenters. The van der Waals surface area contributed by atoms with E-state index in [4.69, 9.17) is 9.84 Å². The smallest absolute Gasteiger partial charge is 0.335 e. The molecule has 0 bridgehead atoms. The Hall–Kier alpha value is -2.10. The molecule has 4 nitrogen and oxygen atoms in total. The van der Waals surface area contributed by atoms with Crippen LogP contribution in [-0.2, 0) is 4.79 Å². The third-order valence-electron chi connectivity index (χ3n) is 1.78. The van der Waals surface area contributed by atoms with Crippen LogP contribution in [0.4, 0.5) is 0 Å². The Bertz CT molecular complexity index is 407. The number of allylic oxidation sites excluding steroid dienone is 1. The zero-order valence-electron chi connectivity index (χ0n) is 8.14. The first-order valence-corrected chi connectivity index (χ1v) is 4.21. The fraction of sp³-hybridized carbons (Fsp3) is 0.0909. The first-order chi connectivity index (χ1) is 7.17. The predicted octanol–water partition coefficient (Wildman–Crippen LogP) is 1.61. The molecular formula is C11H10O4. The van der Waals surface area contributed by atoms with E-state index in [9.17, 15) is 9.59 Å². The van der Waals surface area contributed by atoms with Gasteiger partial charge in [-0.25, -0.2) is 4.79 Å². The second kappa shape index (κ2) is 4.95. The third kappa shape index (κ3) is 2.95. The summed E-state index contributed by atoms with van der Waals surface area (Å²) in [6.07, 6.45) is 3.43. The van der Waals surface area contributed by atoms with E-state index in [1.165, 1.54) is 31.4 Å². The number of ether oxygens (including phenoxy) is 1. The van der Waals surface area contributed by atoms with E-state index in [1.54, 1.807) is 6.07 Å². The Kier molecular flexibility index (Phi) is 3.62. The van der Waals surface area contributed by atoms with Gasteiger partial charge in [0, 0.05) is 0 Å². The number of carbonyl (C=O) groups excluding carboxylic acids is 1. The van der Waals surface area contributed by atoms with Gasteiger partial charge in [0.05, 0.1) is 12.7 Å². The summed E-state index contributed by atoms with van der Waals surface area (Å²) in [5, 5.41) is 8.81. The van der Waals surface area contributed by atoms with Crippen molar-refractivity contribution in [2.75, 3.05) is 7.11 Å². The summed E-state index contributed by atoms with van der Waals surface area (Å²) in [4.78, 5) is 20.9. The number of aromatic carboxylic acids is 1. The molecule has 0 aliphatic rings. The standard InChI is InChI=1S/C11H10O4/c1-15-10-6-8(3-2-4-12)5-9(7-10)11(13)14/h2-7H,1H3,(H,13,14). The highest BCUT2D eigenvalue weighted by Crippen LogP contribution is 2.18. The maximum absolute atomic E-state index is 10.7. The highest BCUT2D eigenvalue weighted by Gasteiger charge is 2.05. The minimum atomic E-state index is -1.03. The van der Waals surface area contributed by atoms with Crippen molar-refractivity contribution >= 4 is 18.3 Å². The SMILES string of the molecule is COc1cc(C=CC=O)cc(C(=O)O)c1. The Morgan fingerprint density at radius 1 is 1.40 bits per heavy atom. The van der Waals surface area contributed by atoms with E-state index in [0.29, 0.717) is 17.6 Å². The average Bonchev–Trinajstić information content (AvgIpc) is 2.25. The van der Waals surface area contributed by atoms with E-state index in [-0.39, 0.29) is 5.56 Å². The van der Waals surface area contributed by atoms with Gasteiger partial charge in [-0.05, 0) is 29.8 Å². The quantitative estimate of drug-likeness (QED) is 0.600. The molecule has 0 spiro atoms. The van der Waals surface area contributed by atoms with Crippen LogP contribution in [0.1, 0.15) is 15.9 Å². The summed E-state index contributed by atoms with van der Waals surface area (Å²) in [7, 11) is 1.45. The minimum Gasteiger partial charge on any atom is -0.497 e. The molecule has 0 aliphatic heterocycles. The normalized spacial score (nSPS) is 10.2. The molecule has 0 saturated carbocycles. The zero-order chi connectivity index (χ0) is 11.3. The zero-order valence-corrected chi connectivity index (χ0v) is 8.14. The molecule has 4 heteroatoms. The van der Waals surface area contributed by atoms with Gasteiger partial charge in [0.15, 0.2) is 0 Å². The van der Waals surface area contributed by atoms with E-state index in [1.807, 2.05) is 0 Å². The van der Waals surface area contributed by atoms with Crippen LogP contribution in [-0.4, -0.2) is 24.5 Å². The van der Waals surface area contributed by atoms with Gasteiger partial charge in [-0.2, -0.15) is 0 Å². The summed E-state index contributed by atoms with van der Waals surface area (Å²) in [6.45, 7) is 0. The van der Waals surface area contributed by atoms with E-state index in [0.717, 1.165) is 0 Å². The number of methoxy groups -OCH3 is 1. The Balaban J connectivity index is 3.16. The first kappa shape index (κ1) is 11.0. The lowest BCUT2D eigenvalue weighted by Gasteiger charge is -2.03. The van der Waals surface area contributed by atoms with Crippen molar-refractivity contribution in [1.29, 1.82) is 0 Å². The molecule has 1 aromatic rings. The van der Waals surface area contributed by atoms with Crippen LogP contribution < -0.4 is 4.74 Å². The molecule has 78 valence electrons. The van der Waals surface area contributed by atoms with Gasteiger partial charge in [0.25, 0.3) is 0 Å². The largest absolute Gasteiger partial charge is 0.497 e. The lowest BCUT2D eigenvalue weighted by Crippen LogP contribution is -1.97. The maximum Gasteiger partial charge on any atom is 0.335 e. The number of carbonyl (C=O) groups is 2. The van der Waals surface area contributed by atoms with Gasteiger partial charge in [-0.15, -0.1) is 0 Å². The van der Waals surface area contributed by atoms with Gasteiger partial charge >= 0.3 is 5.97 Å². The number of hydrogen-bond donors (Lipinski definition) is 1. The lowest BCUT2D eigenvalue weighted by molar-refractivity contribution is -0.104. The molecular weight excluding hydrogens is 196 g/mol. The molecule has 0 aromatic heterocycles. The van der Waals surface area contributed by atoms with Gasteiger partial charge in [-0.1, -0.05) is 6.08 Å². The van der Waals surface area contributed by atoms with E-state index < -0.39 is 5.97 Å². The molecule has 1 rings (SSSR count). The summed E-state index contributed by atoms with van der Waals surface area (Å²) in [6, 6.07) is 4.53. The highest BCUT2D eigenvalue weighted by molar-refractivity contribution is 5.89. The second-order valence-electron chi connectivity index (χ2n) is 2.80. The van der Waals surface area contributed by atoms with Crippen molar-refractivity contribution in [1.82, 2.24) is 0 Å². The first-order valence-electron chi connectivity index (χ1n) is 4.21. The van der Waals surface area contributed by atoms with Gasteiger partial charge in [-0.3, -0.25) is 4.79 Å². The number of hydrogen-bond acceptors (Lipinski definition) is 3. The van der Waals surface area contributed by atoms with Crippen molar-refractivity contribution in [2.45, 2.75) is 0 Å². The molecule has 0 radical (unpaired) electrons. The van der Waals surface area contributed by atoms with Crippen LogP contribution in [0, 0.1) is 0 Å². The molecule has 15 heavy (non-hydrogen) atoms. The van der Waals surface area contributed by atoms with Crippen LogP contribution in [0.5, 0.6) is 5.75 Å². The molecule has 0 atom stereocenters. The number of rotatable bonds is 4. The summed E-state index contributed by atoms with van der Waals surface area (Å²) < 4.78 is 4.94. The van der Waals surface area contributed by atoms with Crippen LogP contribution in [0.2, 0.25) is 0 Å². The van der Waals surface area contributed by atoms with Crippen LogP contribution in [0.3, 0.4) is 0 Å². The lowest BCUT2D eigenvalue weighted by atomic mass is 10.1. The van der Waals surface area contributed by atoms with E-state index in [2.05, 4.69) is 0 Å². The summed E-state index contributed by atoms with van der Waals surface area (Å²) >= 11 is 0. The monoisotopic (exact) mass is 206 g/mol. The van der Waals surface area contributed by atoms with Crippen LogP contribution in [0.15, 0.2) is 24.3 Å². The Labute approximate surface area is 86.8 Å². The highest BCUT2D eigenvalue weighted by atomic mass is 16.5. The molecule has 0 heterocycles. The topological polar surface area (TPSA) is 63.6 Å². The van der Waals surface area contributed by atoms with Crippen molar-refractivity contribution in [3.05, 3.63) is 35.4 Å². The molecule has 0 amide bonds. The third-order valence-corrected chi connectivity index (χ3v) is 1.78. The fourth-order valence-corrected chi connectivity index (χ4v) is 1.11. The number of carboxylic acid groups (broad SMARTS) is 1. The van der Waals surface area contributed by atoms with Crippen molar-refractivity contribution in [2.24, 2.45) is 0 Å². The van der Waals surface area contributed by atoms with Gasteiger partial charge in [0.2, 0.25) is 0 Å². The van der Waals surface area contributed by atoms with E-state index >= 15 is 0 Å². The summed E-state index contributed by atoms with van der Waals surface area (Å²) in [5.41, 5.74) is 0.735. The van der Waals surface area contributed by atoms with Crippen molar-refractivity contribution < 1.29 is 19.4 Å². The predicted molar refractivity (Wildman–Crippen MR) is 55.1 cm³/mol. The number of carboxylic acids is 1. The molecule has 1 aromatic carbocycles. The Morgan fingerprint density at radius 3 is 2.67 bits per heavy atom. The van der Waals surface area contributed by atoms with Crippen LogP contribution in [0.25, 0.3) is 6.08 Å². The van der Waals surface area contributed by atoms with Crippen molar-refractivity contribution in [3.63, 3.8) is 0 Å². The summed E-state index contributed by atoms with van der Waals surface area (Å²) in [5.74, 6) is -0.588. The maximum atomic E-state index is 10.7. The fourth-order valence-electron chi connectivity index (χ4n) is 1.11. The molecule has 0 fully saturated rings. The van der Waals surface area contributed by atoms with Gasteiger partial charge < -0.3 is 9.84 Å². The Morgan fingerprint density at radius 2 is 2.13 bits per heavy atom. The molecule has 0 saturated heterocycles. The minimum absolute atomic E-state index is 0.125. The van der Waals surface area contributed by atoms with Crippen molar-refractivity contribution in [3.8, 4) is 5.75 Å². The molecule has 1 N–H and O–H groups in total. The number of benzene rings is 1. The van der Waals surface area contributed by atoms with Gasteiger partial charge in [0.1, 0.15) is 12.0 Å². The number of aldehydes is 1. The van der Waals surface area contributed by atoms with Crippen LogP contribution >= 0.6 is 0 Å². The molecule has 0 aliphatic carbocycles.